The Labute approximate surface area is 102 Å². The van der Waals surface area contributed by atoms with Crippen molar-refractivity contribution in [2.24, 2.45) is 0 Å². The van der Waals surface area contributed by atoms with E-state index in [2.05, 4.69) is 4.98 Å². The maximum absolute atomic E-state index is 6.00. The van der Waals surface area contributed by atoms with Gasteiger partial charge in [-0.2, -0.15) is 0 Å². The van der Waals surface area contributed by atoms with E-state index in [1.54, 1.807) is 18.2 Å². The lowest BCUT2D eigenvalue weighted by atomic mass is 10.2. The average molecular weight is 263 g/mol. The normalized spacial score (nSPS) is 10.6. The van der Waals surface area contributed by atoms with Gasteiger partial charge in [0.2, 0.25) is 5.89 Å². The molecule has 0 saturated heterocycles. The number of alkyl halides is 1. The van der Waals surface area contributed by atoms with Gasteiger partial charge in [-0.25, -0.2) is 4.98 Å². The number of nitrogens with zero attached hydrogens (tertiary/aromatic N) is 1. The molecule has 15 heavy (non-hydrogen) atoms. The number of oxazole rings is 1. The molecular weight excluding hydrogens is 256 g/mol. The van der Waals surface area contributed by atoms with Crippen LogP contribution >= 0.6 is 34.8 Å². The molecule has 0 fully saturated rings. The Bertz CT molecular complexity index is 481. The summed E-state index contributed by atoms with van der Waals surface area (Å²) in [6, 6.07) is 5.13. The van der Waals surface area contributed by atoms with Crippen molar-refractivity contribution >= 4 is 34.8 Å². The smallest absolute Gasteiger partial charge is 0.227 e. The fourth-order valence-corrected chi connectivity index (χ4v) is 1.77. The van der Waals surface area contributed by atoms with Crippen LogP contribution in [0.15, 0.2) is 28.9 Å². The van der Waals surface area contributed by atoms with Crippen LogP contribution in [0.3, 0.4) is 0 Å². The Morgan fingerprint density at radius 2 is 2.07 bits per heavy atom. The molecule has 2 rings (SSSR count). The van der Waals surface area contributed by atoms with Crippen molar-refractivity contribution in [1.29, 1.82) is 0 Å². The van der Waals surface area contributed by atoms with Gasteiger partial charge in [0, 0.05) is 5.02 Å². The van der Waals surface area contributed by atoms with Crippen molar-refractivity contribution in [3.8, 4) is 11.5 Å². The average Bonchev–Trinajstić information content (AvgIpc) is 2.66. The van der Waals surface area contributed by atoms with E-state index < -0.39 is 0 Å². The Kier molecular flexibility index (Phi) is 3.19. The van der Waals surface area contributed by atoms with E-state index in [-0.39, 0.29) is 0 Å². The maximum atomic E-state index is 6.00. The highest BCUT2D eigenvalue weighted by Crippen LogP contribution is 2.29. The van der Waals surface area contributed by atoms with Gasteiger partial charge < -0.3 is 4.42 Å². The van der Waals surface area contributed by atoms with Gasteiger partial charge in [-0.1, -0.05) is 23.2 Å². The molecule has 1 heterocycles. The first-order chi connectivity index (χ1) is 7.20. The second-order valence-electron chi connectivity index (χ2n) is 2.90. The zero-order valence-corrected chi connectivity index (χ0v) is 9.77. The number of benzene rings is 1. The highest BCUT2D eigenvalue weighted by molar-refractivity contribution is 6.36. The number of halogens is 3. The van der Waals surface area contributed by atoms with Gasteiger partial charge in [0.25, 0.3) is 0 Å². The molecule has 78 valence electrons. The van der Waals surface area contributed by atoms with E-state index in [9.17, 15) is 0 Å². The van der Waals surface area contributed by atoms with E-state index >= 15 is 0 Å². The first kappa shape index (κ1) is 10.8. The summed E-state index contributed by atoms with van der Waals surface area (Å²) in [7, 11) is 0. The predicted molar refractivity (Wildman–Crippen MR) is 61.5 cm³/mol. The molecule has 0 radical (unpaired) electrons. The number of rotatable bonds is 2. The molecule has 1 aromatic carbocycles. The van der Waals surface area contributed by atoms with Crippen molar-refractivity contribution in [3.63, 3.8) is 0 Å². The minimum absolute atomic E-state index is 0.314. The van der Waals surface area contributed by atoms with Crippen LogP contribution in [0.25, 0.3) is 11.5 Å². The van der Waals surface area contributed by atoms with E-state index in [0.29, 0.717) is 33.1 Å². The van der Waals surface area contributed by atoms with Crippen LogP contribution in [-0.2, 0) is 5.88 Å². The molecule has 5 heteroatoms. The van der Waals surface area contributed by atoms with E-state index in [1.807, 2.05) is 0 Å². The van der Waals surface area contributed by atoms with Crippen LogP contribution in [0.2, 0.25) is 10.0 Å². The lowest BCUT2D eigenvalue weighted by Gasteiger charge is -1.99. The summed E-state index contributed by atoms with van der Waals surface area (Å²) >= 11 is 17.4. The molecule has 0 bridgehead atoms. The van der Waals surface area contributed by atoms with Crippen LogP contribution in [-0.4, -0.2) is 4.98 Å². The second kappa shape index (κ2) is 4.44. The van der Waals surface area contributed by atoms with Gasteiger partial charge in [-0.3, -0.25) is 0 Å². The molecule has 0 saturated carbocycles. The molecule has 0 unspecified atom stereocenters. The molecule has 0 spiro atoms. The summed E-state index contributed by atoms with van der Waals surface area (Å²) in [5.74, 6) is 0.765. The minimum Gasteiger partial charge on any atom is -0.444 e. The van der Waals surface area contributed by atoms with Crippen molar-refractivity contribution < 1.29 is 4.42 Å². The van der Waals surface area contributed by atoms with Gasteiger partial charge in [0.05, 0.1) is 22.2 Å². The summed E-state index contributed by atoms with van der Waals surface area (Å²) in [5, 5.41) is 1.08. The largest absolute Gasteiger partial charge is 0.444 e. The third kappa shape index (κ3) is 2.28. The van der Waals surface area contributed by atoms with E-state index in [0.717, 1.165) is 0 Å². The van der Waals surface area contributed by atoms with Crippen molar-refractivity contribution in [2.75, 3.05) is 0 Å². The first-order valence-electron chi connectivity index (χ1n) is 4.16. The Hall–Kier alpha value is -0.700. The summed E-state index contributed by atoms with van der Waals surface area (Å²) in [6.07, 6.45) is 1.51. The summed E-state index contributed by atoms with van der Waals surface area (Å²) in [5.41, 5.74) is 1.38. The zero-order valence-electron chi connectivity index (χ0n) is 7.51. The lowest BCUT2D eigenvalue weighted by molar-refractivity contribution is 0.573. The fraction of sp³-hybridized carbons (Fsp3) is 0.100. The molecule has 1 aromatic heterocycles. The molecule has 0 amide bonds. The zero-order chi connectivity index (χ0) is 10.8. The van der Waals surface area contributed by atoms with Gasteiger partial charge >= 0.3 is 0 Å². The summed E-state index contributed by atoms with van der Waals surface area (Å²) < 4.78 is 5.24. The third-order valence-corrected chi connectivity index (χ3v) is 2.67. The molecule has 2 aromatic rings. The molecule has 0 aliphatic heterocycles. The van der Waals surface area contributed by atoms with Crippen LogP contribution in [0.4, 0.5) is 0 Å². The Balaban J connectivity index is 2.44. The Morgan fingerprint density at radius 1 is 1.27 bits per heavy atom. The molecule has 0 N–H and O–H groups in total. The van der Waals surface area contributed by atoms with E-state index in [4.69, 9.17) is 39.2 Å². The van der Waals surface area contributed by atoms with Crippen LogP contribution in [0.1, 0.15) is 5.69 Å². The van der Waals surface area contributed by atoms with Gasteiger partial charge in [0.15, 0.2) is 0 Å². The van der Waals surface area contributed by atoms with Crippen molar-refractivity contribution in [3.05, 3.63) is 40.2 Å². The van der Waals surface area contributed by atoms with Gasteiger partial charge in [0.1, 0.15) is 6.26 Å². The van der Waals surface area contributed by atoms with Crippen molar-refractivity contribution in [2.45, 2.75) is 5.88 Å². The summed E-state index contributed by atoms with van der Waals surface area (Å²) in [4.78, 5) is 4.16. The maximum Gasteiger partial charge on any atom is 0.227 e. The van der Waals surface area contributed by atoms with Crippen LogP contribution in [0.5, 0.6) is 0 Å². The predicted octanol–water partition coefficient (Wildman–Crippen LogP) is 4.39. The standard InChI is InChI=1S/C10H6Cl3NO/c11-4-7-5-15-10(14-7)8-2-1-6(12)3-9(8)13/h1-3,5H,4H2. The lowest BCUT2D eigenvalue weighted by Crippen LogP contribution is -1.81. The quantitative estimate of drug-likeness (QED) is 0.750. The topological polar surface area (TPSA) is 26.0 Å². The fourth-order valence-electron chi connectivity index (χ4n) is 1.15. The van der Waals surface area contributed by atoms with Crippen molar-refractivity contribution in [1.82, 2.24) is 4.98 Å². The SMILES string of the molecule is ClCc1coc(-c2ccc(Cl)cc2Cl)n1. The monoisotopic (exact) mass is 261 g/mol. The van der Waals surface area contributed by atoms with Gasteiger partial charge in [-0.05, 0) is 18.2 Å². The number of aromatic nitrogens is 1. The minimum atomic E-state index is 0.314. The second-order valence-corrected chi connectivity index (χ2v) is 4.01. The number of hydrogen-bond donors (Lipinski definition) is 0. The highest BCUT2D eigenvalue weighted by Gasteiger charge is 2.10. The molecule has 0 aliphatic carbocycles. The summed E-state index contributed by atoms with van der Waals surface area (Å²) in [6.45, 7) is 0. The Morgan fingerprint density at radius 3 is 2.67 bits per heavy atom. The highest BCUT2D eigenvalue weighted by atomic mass is 35.5. The number of hydrogen-bond acceptors (Lipinski definition) is 2. The first-order valence-corrected chi connectivity index (χ1v) is 5.45. The van der Waals surface area contributed by atoms with Crippen LogP contribution in [0, 0.1) is 0 Å². The molecule has 2 nitrogen and oxygen atoms in total. The molecule has 0 aliphatic rings. The van der Waals surface area contributed by atoms with E-state index in [1.165, 1.54) is 6.26 Å². The van der Waals surface area contributed by atoms with Crippen LogP contribution < -0.4 is 0 Å². The molecule has 0 atom stereocenters. The third-order valence-electron chi connectivity index (χ3n) is 1.85. The molecular formula is C10H6Cl3NO. The van der Waals surface area contributed by atoms with Gasteiger partial charge in [-0.15, -0.1) is 11.6 Å².